The van der Waals surface area contributed by atoms with Gasteiger partial charge in [0.15, 0.2) is 0 Å². The zero-order valence-corrected chi connectivity index (χ0v) is 25.2. The molecule has 37 heavy (non-hydrogen) atoms. The Labute approximate surface area is 234 Å². The van der Waals surface area contributed by atoms with Crippen LogP contribution in [-0.4, -0.2) is 39.5 Å². The summed E-state index contributed by atoms with van der Waals surface area (Å²) in [4.78, 5) is 14.3. The number of hydrogen-bond donors (Lipinski definition) is 4. The maximum Gasteiger partial charge on any atom is 0.220 e. The molecule has 0 aliphatic heterocycles. The van der Waals surface area contributed by atoms with Crippen molar-refractivity contribution in [3.63, 3.8) is 0 Å². The molecule has 1 unspecified atom stereocenters. The fourth-order valence-corrected chi connectivity index (χ4v) is 11.4. The van der Waals surface area contributed by atoms with Gasteiger partial charge in [-0.3, -0.25) is 4.79 Å². The number of halogens is 1. The average Bonchev–Trinajstić information content (AvgIpc) is 3.44. The molecule has 5 rings (SSSR count). The first-order chi connectivity index (χ1) is 17.5. The zero-order valence-electron chi connectivity index (χ0n) is 22.8. The van der Waals surface area contributed by atoms with Crippen LogP contribution in [0, 0.1) is 46.3 Å². The van der Waals surface area contributed by atoms with Crippen LogP contribution in [0.15, 0.2) is 15.9 Å². The van der Waals surface area contributed by atoms with E-state index in [9.17, 15) is 20.1 Å². The highest BCUT2D eigenvalue weighted by Crippen LogP contribution is 2.68. The number of carbonyl (C=O) groups excluding carboxylic acids is 1. The van der Waals surface area contributed by atoms with Gasteiger partial charge in [0.2, 0.25) is 5.91 Å². The molecular formula is C30H46BrNO4S. The van der Waals surface area contributed by atoms with Crippen LogP contribution in [0.2, 0.25) is 0 Å². The molecule has 1 heterocycles. The Morgan fingerprint density at radius 1 is 1.05 bits per heavy atom. The van der Waals surface area contributed by atoms with Crippen LogP contribution in [0.25, 0.3) is 0 Å². The second-order valence-electron chi connectivity index (χ2n) is 13.4. The minimum atomic E-state index is -0.755. The zero-order chi connectivity index (χ0) is 26.7. The lowest BCUT2D eigenvalue weighted by Gasteiger charge is -2.63. The minimum Gasteiger partial charge on any atom is -0.393 e. The predicted molar refractivity (Wildman–Crippen MR) is 151 cm³/mol. The van der Waals surface area contributed by atoms with E-state index in [1.165, 1.54) is 4.88 Å². The number of fused-ring (bicyclic) bond motifs is 5. The minimum absolute atomic E-state index is 0.0145. The molecule has 0 spiro atoms. The monoisotopic (exact) mass is 595 g/mol. The molecule has 0 saturated heterocycles. The van der Waals surface area contributed by atoms with Crippen LogP contribution >= 0.6 is 27.3 Å². The maximum absolute atomic E-state index is 13.2. The van der Waals surface area contributed by atoms with Crippen molar-refractivity contribution in [2.45, 2.75) is 110 Å². The van der Waals surface area contributed by atoms with Gasteiger partial charge >= 0.3 is 0 Å². The first kappa shape index (κ1) is 28.1. The van der Waals surface area contributed by atoms with Gasteiger partial charge in [0, 0.05) is 11.3 Å². The molecule has 5 nitrogen and oxygen atoms in total. The standard InChI is InChI=1S/C30H46BrNO4S/c1-5-22(23-8-9-24(31)37-23)32-25(34)14-16(2)18-6-7-19-26-20(11-13-29(18,19)3)30(4)12-10-17(33)15-21(30)27(35)28(26)36/h8-9,16-22,26-28,33,35-36H,5-7,10-15H2,1-4H3,(H,32,34)/t16-,17-,18-,19+,20+,21+,22?,26+,27-,28+,29-,30-/m1/s1. The van der Waals surface area contributed by atoms with Gasteiger partial charge in [0.05, 0.1) is 28.1 Å². The van der Waals surface area contributed by atoms with Crippen LogP contribution in [0.5, 0.6) is 0 Å². The molecule has 1 aromatic rings. The Kier molecular flexibility index (Phi) is 7.96. The summed E-state index contributed by atoms with van der Waals surface area (Å²) in [7, 11) is 0. The summed E-state index contributed by atoms with van der Waals surface area (Å²) < 4.78 is 1.09. The van der Waals surface area contributed by atoms with Crippen molar-refractivity contribution in [1.29, 1.82) is 0 Å². The number of carbonyl (C=O) groups is 1. The van der Waals surface area contributed by atoms with Gasteiger partial charge < -0.3 is 20.6 Å². The quantitative estimate of drug-likeness (QED) is 0.321. The van der Waals surface area contributed by atoms with E-state index < -0.39 is 12.2 Å². The average molecular weight is 597 g/mol. The summed E-state index contributed by atoms with van der Waals surface area (Å²) in [6.45, 7) is 9.11. The van der Waals surface area contributed by atoms with Crippen molar-refractivity contribution in [1.82, 2.24) is 5.32 Å². The maximum atomic E-state index is 13.2. The summed E-state index contributed by atoms with van der Waals surface area (Å²) >= 11 is 5.22. The molecule has 1 amide bonds. The van der Waals surface area contributed by atoms with E-state index in [1.54, 1.807) is 11.3 Å². The normalized spacial score (nSPS) is 44.9. The SMILES string of the molecule is CCC(NC(=O)C[C@@H](C)[C@H]1CC[C@H]2[C@@H]3[C@H](O)[C@H](O)[C@@H]4C[C@H](O)CC[C@]4(C)[C@H]3CC[C@]12C)c1ccc(Br)s1. The number of nitrogens with one attached hydrogen (secondary N) is 1. The van der Waals surface area contributed by atoms with E-state index in [1.807, 2.05) is 6.07 Å². The molecule has 4 fully saturated rings. The fraction of sp³-hybridized carbons (Fsp3) is 0.833. The first-order valence-corrected chi connectivity index (χ1v) is 16.2. The van der Waals surface area contributed by atoms with E-state index in [0.717, 1.165) is 48.7 Å². The van der Waals surface area contributed by atoms with Gasteiger partial charge in [-0.05, 0) is 126 Å². The van der Waals surface area contributed by atoms with Gasteiger partial charge in [-0.15, -0.1) is 11.3 Å². The number of aliphatic hydroxyl groups excluding tert-OH is 3. The van der Waals surface area contributed by atoms with Gasteiger partial charge in [-0.1, -0.05) is 27.7 Å². The number of aliphatic hydroxyl groups is 3. The third kappa shape index (κ3) is 4.77. The van der Waals surface area contributed by atoms with Crippen molar-refractivity contribution in [3.8, 4) is 0 Å². The lowest BCUT2D eigenvalue weighted by Crippen LogP contribution is -2.64. The Bertz CT molecular complexity index is 987. The first-order valence-electron chi connectivity index (χ1n) is 14.6. The second kappa shape index (κ2) is 10.5. The topological polar surface area (TPSA) is 89.8 Å². The Morgan fingerprint density at radius 3 is 2.43 bits per heavy atom. The summed E-state index contributed by atoms with van der Waals surface area (Å²) in [6, 6.07) is 4.19. The van der Waals surface area contributed by atoms with Crippen LogP contribution in [-0.2, 0) is 4.79 Å². The third-order valence-corrected chi connectivity index (χ3v) is 13.4. The van der Waals surface area contributed by atoms with Crippen LogP contribution in [0.4, 0.5) is 0 Å². The number of thiophene rings is 1. The van der Waals surface area contributed by atoms with Crippen LogP contribution < -0.4 is 5.32 Å². The second-order valence-corrected chi connectivity index (χ2v) is 15.9. The van der Waals surface area contributed by atoms with Gasteiger partial charge in [0.1, 0.15) is 0 Å². The third-order valence-electron chi connectivity index (χ3n) is 11.7. The smallest absolute Gasteiger partial charge is 0.220 e. The largest absolute Gasteiger partial charge is 0.393 e. The highest BCUT2D eigenvalue weighted by atomic mass is 79.9. The molecule has 4 aliphatic rings. The summed E-state index contributed by atoms with van der Waals surface area (Å²) in [5.74, 6) is 1.72. The molecule has 0 aromatic carbocycles. The molecule has 7 heteroatoms. The van der Waals surface area contributed by atoms with Crippen molar-refractivity contribution < 1.29 is 20.1 Å². The van der Waals surface area contributed by atoms with E-state index >= 15 is 0 Å². The van der Waals surface area contributed by atoms with Crippen molar-refractivity contribution in [3.05, 3.63) is 20.8 Å². The molecule has 0 radical (unpaired) electrons. The highest BCUT2D eigenvalue weighted by Gasteiger charge is 2.65. The summed E-state index contributed by atoms with van der Waals surface area (Å²) in [6.07, 6.45) is 6.29. The Hall–Kier alpha value is -0.470. The van der Waals surface area contributed by atoms with Gasteiger partial charge in [0.25, 0.3) is 0 Å². The predicted octanol–water partition coefficient (Wildman–Crippen LogP) is 6.07. The Balaban J connectivity index is 1.29. The van der Waals surface area contributed by atoms with E-state index in [2.05, 4.69) is 55.0 Å². The van der Waals surface area contributed by atoms with E-state index in [4.69, 9.17) is 0 Å². The summed E-state index contributed by atoms with van der Waals surface area (Å²) in [5.41, 5.74) is 0.0706. The number of rotatable bonds is 6. The van der Waals surface area contributed by atoms with Crippen molar-refractivity contribution >= 4 is 33.2 Å². The molecule has 4 N–H and O–H groups in total. The lowest BCUT2D eigenvalue weighted by atomic mass is 9.43. The lowest BCUT2D eigenvalue weighted by molar-refractivity contribution is -0.223. The van der Waals surface area contributed by atoms with E-state index in [0.29, 0.717) is 30.6 Å². The summed E-state index contributed by atoms with van der Waals surface area (Å²) in [5, 5.41) is 36.4. The van der Waals surface area contributed by atoms with Crippen LogP contribution in [0.1, 0.15) is 96.4 Å². The Morgan fingerprint density at radius 2 is 1.76 bits per heavy atom. The molecule has 208 valence electrons. The molecule has 0 bridgehead atoms. The molecule has 12 atom stereocenters. The van der Waals surface area contributed by atoms with Crippen LogP contribution in [0.3, 0.4) is 0 Å². The molecule has 1 aromatic heterocycles. The van der Waals surface area contributed by atoms with E-state index in [-0.39, 0.29) is 46.6 Å². The number of amides is 1. The van der Waals surface area contributed by atoms with Gasteiger partial charge in [-0.25, -0.2) is 0 Å². The van der Waals surface area contributed by atoms with Gasteiger partial charge in [-0.2, -0.15) is 0 Å². The molecule has 4 saturated carbocycles. The highest BCUT2D eigenvalue weighted by molar-refractivity contribution is 9.11. The molecule has 4 aliphatic carbocycles. The van der Waals surface area contributed by atoms with Crippen molar-refractivity contribution in [2.24, 2.45) is 46.3 Å². The molecular weight excluding hydrogens is 550 g/mol. The van der Waals surface area contributed by atoms with Crippen molar-refractivity contribution in [2.75, 3.05) is 0 Å². The fourth-order valence-electron chi connectivity index (χ4n) is 9.79. The number of hydrogen-bond acceptors (Lipinski definition) is 5.